The number of nitrogens with one attached hydrogen (secondary N) is 1. The van der Waals surface area contributed by atoms with Gasteiger partial charge in [0.15, 0.2) is 0 Å². The highest BCUT2D eigenvalue weighted by atomic mass is 79.9. The van der Waals surface area contributed by atoms with Crippen molar-refractivity contribution in [1.82, 2.24) is 0 Å². The first-order chi connectivity index (χ1) is 9.83. The molecular weight excluding hydrogens is 376 g/mol. The molecule has 0 radical (unpaired) electrons. The van der Waals surface area contributed by atoms with E-state index in [1.54, 1.807) is 19.1 Å². The molecule has 21 heavy (non-hydrogen) atoms. The Morgan fingerprint density at radius 1 is 1.24 bits per heavy atom. The number of anilines is 1. The van der Waals surface area contributed by atoms with Crippen molar-refractivity contribution in [2.24, 2.45) is 0 Å². The molecule has 0 aromatic heterocycles. The number of benzene rings is 2. The van der Waals surface area contributed by atoms with E-state index in [0.717, 1.165) is 10.0 Å². The average Bonchev–Trinajstić information content (AvgIpc) is 2.43. The maximum absolute atomic E-state index is 12.3. The van der Waals surface area contributed by atoms with Gasteiger partial charge in [-0.1, -0.05) is 27.5 Å². The van der Waals surface area contributed by atoms with Gasteiger partial charge in [-0.15, -0.1) is 0 Å². The van der Waals surface area contributed by atoms with E-state index in [9.17, 15) is 8.42 Å². The fourth-order valence-corrected chi connectivity index (χ4v) is 3.35. The Morgan fingerprint density at radius 3 is 2.52 bits per heavy atom. The quantitative estimate of drug-likeness (QED) is 0.865. The molecule has 0 bridgehead atoms. The molecule has 2 aromatic rings. The SMILES string of the molecule is Cc1cc(S(=O)(=O)Nc2ccc(C#N)cc2Cl)ccc1Br. The van der Waals surface area contributed by atoms with Crippen molar-refractivity contribution in [3.63, 3.8) is 0 Å². The Labute approximate surface area is 136 Å². The summed E-state index contributed by atoms with van der Waals surface area (Å²) in [6.45, 7) is 1.80. The first-order valence-electron chi connectivity index (χ1n) is 5.82. The Kier molecular flexibility index (Phi) is 4.57. The van der Waals surface area contributed by atoms with E-state index in [4.69, 9.17) is 16.9 Å². The Morgan fingerprint density at radius 2 is 1.95 bits per heavy atom. The van der Waals surface area contributed by atoms with Crippen molar-refractivity contribution in [2.45, 2.75) is 11.8 Å². The summed E-state index contributed by atoms with van der Waals surface area (Å²) in [5.41, 5.74) is 1.41. The zero-order chi connectivity index (χ0) is 15.6. The van der Waals surface area contributed by atoms with Crippen LogP contribution in [-0.2, 0) is 10.0 Å². The molecule has 4 nitrogen and oxygen atoms in total. The molecule has 2 rings (SSSR count). The van der Waals surface area contributed by atoms with Gasteiger partial charge in [-0.05, 0) is 48.9 Å². The third-order valence-electron chi connectivity index (χ3n) is 2.78. The highest BCUT2D eigenvalue weighted by Crippen LogP contribution is 2.27. The number of aryl methyl sites for hydroxylation is 1. The lowest BCUT2D eigenvalue weighted by molar-refractivity contribution is 0.601. The summed E-state index contributed by atoms with van der Waals surface area (Å²) >= 11 is 9.30. The van der Waals surface area contributed by atoms with Crippen LogP contribution in [0.25, 0.3) is 0 Å². The van der Waals surface area contributed by atoms with Gasteiger partial charge in [-0.2, -0.15) is 5.26 Å². The van der Waals surface area contributed by atoms with E-state index in [1.165, 1.54) is 24.3 Å². The van der Waals surface area contributed by atoms with Crippen molar-refractivity contribution in [3.8, 4) is 6.07 Å². The van der Waals surface area contributed by atoms with Gasteiger partial charge in [-0.3, -0.25) is 4.72 Å². The molecule has 0 saturated carbocycles. The number of hydrogen-bond donors (Lipinski definition) is 1. The summed E-state index contributed by atoms with van der Waals surface area (Å²) in [6, 6.07) is 11.0. The third kappa shape index (κ3) is 3.56. The lowest BCUT2D eigenvalue weighted by atomic mass is 10.2. The van der Waals surface area contributed by atoms with Crippen molar-refractivity contribution >= 4 is 43.2 Å². The second kappa shape index (κ2) is 6.06. The minimum Gasteiger partial charge on any atom is -0.278 e. The molecule has 7 heteroatoms. The molecule has 0 atom stereocenters. The number of hydrogen-bond acceptors (Lipinski definition) is 3. The summed E-state index contributed by atoms with van der Waals surface area (Å²) in [5.74, 6) is 0. The van der Waals surface area contributed by atoms with E-state index in [0.29, 0.717) is 5.56 Å². The zero-order valence-corrected chi connectivity index (χ0v) is 14.1. The monoisotopic (exact) mass is 384 g/mol. The van der Waals surface area contributed by atoms with Crippen LogP contribution in [0.4, 0.5) is 5.69 Å². The molecule has 2 aromatic carbocycles. The normalized spacial score (nSPS) is 11.0. The minimum absolute atomic E-state index is 0.142. The van der Waals surface area contributed by atoms with Crippen LogP contribution in [0.15, 0.2) is 45.8 Å². The predicted octanol–water partition coefficient (Wildman–Crippen LogP) is 4.08. The van der Waals surface area contributed by atoms with E-state index >= 15 is 0 Å². The molecule has 0 aliphatic carbocycles. The van der Waals surface area contributed by atoms with Crippen molar-refractivity contribution in [2.75, 3.05) is 4.72 Å². The standard InChI is InChI=1S/C14H10BrClN2O2S/c1-9-6-11(3-4-12(9)15)21(19,20)18-14-5-2-10(8-17)7-13(14)16/h2-7,18H,1H3. The summed E-state index contributed by atoms with van der Waals surface area (Å²) in [7, 11) is -3.73. The van der Waals surface area contributed by atoms with Gasteiger partial charge < -0.3 is 0 Å². The van der Waals surface area contributed by atoms with Crippen LogP contribution in [-0.4, -0.2) is 8.42 Å². The minimum atomic E-state index is -3.73. The predicted molar refractivity (Wildman–Crippen MR) is 85.9 cm³/mol. The maximum Gasteiger partial charge on any atom is 0.261 e. The molecule has 1 N–H and O–H groups in total. The Balaban J connectivity index is 2.37. The summed E-state index contributed by atoms with van der Waals surface area (Å²) in [6.07, 6.45) is 0. The van der Waals surface area contributed by atoms with E-state index in [2.05, 4.69) is 20.7 Å². The molecule has 0 aliphatic rings. The van der Waals surface area contributed by atoms with Crippen LogP contribution in [0.2, 0.25) is 5.02 Å². The molecular formula is C14H10BrClN2O2S. The van der Waals surface area contributed by atoms with E-state index in [1.807, 2.05) is 6.07 Å². The van der Waals surface area contributed by atoms with Crippen LogP contribution >= 0.6 is 27.5 Å². The maximum atomic E-state index is 12.3. The highest BCUT2D eigenvalue weighted by molar-refractivity contribution is 9.10. The second-order valence-corrected chi connectivity index (χ2v) is 7.27. The van der Waals surface area contributed by atoms with E-state index < -0.39 is 10.0 Å². The Hall–Kier alpha value is -1.55. The number of sulfonamides is 1. The van der Waals surface area contributed by atoms with Gasteiger partial charge in [0.1, 0.15) is 0 Å². The van der Waals surface area contributed by atoms with Gasteiger partial charge in [0.25, 0.3) is 10.0 Å². The zero-order valence-electron chi connectivity index (χ0n) is 10.9. The van der Waals surface area contributed by atoms with Gasteiger partial charge in [-0.25, -0.2) is 8.42 Å². The smallest absolute Gasteiger partial charge is 0.261 e. The van der Waals surface area contributed by atoms with Crippen molar-refractivity contribution in [1.29, 1.82) is 5.26 Å². The van der Waals surface area contributed by atoms with Gasteiger partial charge in [0, 0.05) is 4.47 Å². The Bertz CT molecular complexity index is 845. The first-order valence-corrected chi connectivity index (χ1v) is 8.47. The van der Waals surface area contributed by atoms with Gasteiger partial charge in [0.2, 0.25) is 0 Å². The van der Waals surface area contributed by atoms with Crippen LogP contribution < -0.4 is 4.72 Å². The number of nitriles is 1. The molecule has 0 heterocycles. The van der Waals surface area contributed by atoms with Crippen LogP contribution in [0, 0.1) is 18.3 Å². The molecule has 0 fully saturated rings. The number of nitrogens with zero attached hydrogens (tertiary/aromatic N) is 1. The fraction of sp³-hybridized carbons (Fsp3) is 0.0714. The first kappa shape index (κ1) is 15.8. The van der Waals surface area contributed by atoms with Gasteiger partial charge >= 0.3 is 0 Å². The molecule has 0 spiro atoms. The van der Waals surface area contributed by atoms with Crippen LogP contribution in [0.3, 0.4) is 0 Å². The molecule has 0 aliphatic heterocycles. The van der Waals surface area contributed by atoms with Gasteiger partial charge in [0.05, 0.1) is 27.2 Å². The number of halogens is 2. The van der Waals surface area contributed by atoms with Crippen molar-refractivity contribution < 1.29 is 8.42 Å². The lowest BCUT2D eigenvalue weighted by Crippen LogP contribution is -2.13. The fourth-order valence-electron chi connectivity index (χ4n) is 1.66. The molecule has 0 amide bonds. The molecule has 0 unspecified atom stereocenters. The third-order valence-corrected chi connectivity index (χ3v) is 5.35. The topological polar surface area (TPSA) is 70.0 Å². The largest absolute Gasteiger partial charge is 0.278 e. The lowest BCUT2D eigenvalue weighted by Gasteiger charge is -2.10. The molecule has 108 valence electrons. The summed E-state index contributed by atoms with van der Waals surface area (Å²) in [5, 5.41) is 8.94. The van der Waals surface area contributed by atoms with Crippen molar-refractivity contribution in [3.05, 3.63) is 57.0 Å². The summed E-state index contributed by atoms with van der Waals surface area (Å²) in [4.78, 5) is 0.142. The van der Waals surface area contributed by atoms with E-state index in [-0.39, 0.29) is 15.6 Å². The highest BCUT2D eigenvalue weighted by Gasteiger charge is 2.16. The average molecular weight is 386 g/mol. The number of rotatable bonds is 3. The second-order valence-electron chi connectivity index (χ2n) is 4.32. The summed E-state index contributed by atoms with van der Waals surface area (Å²) < 4.78 is 27.9. The van der Waals surface area contributed by atoms with Crippen LogP contribution in [0.1, 0.15) is 11.1 Å². The molecule has 0 saturated heterocycles. The van der Waals surface area contributed by atoms with Crippen LogP contribution in [0.5, 0.6) is 0 Å².